The number of benzene rings is 1. The van der Waals surface area contributed by atoms with Crippen molar-refractivity contribution in [3.05, 3.63) is 59.5 Å². The van der Waals surface area contributed by atoms with Crippen LogP contribution in [0.5, 0.6) is 0 Å². The summed E-state index contributed by atoms with van der Waals surface area (Å²) in [5.41, 5.74) is 7.46. The highest BCUT2D eigenvalue weighted by atomic mass is 32.2. The summed E-state index contributed by atoms with van der Waals surface area (Å²) in [6.07, 6.45) is 3.18. The Morgan fingerprint density at radius 2 is 2.00 bits per heavy atom. The lowest BCUT2D eigenvalue weighted by molar-refractivity contribution is 0.393. The van der Waals surface area contributed by atoms with Crippen molar-refractivity contribution in [2.45, 2.75) is 31.6 Å². The molecule has 0 saturated carbocycles. The summed E-state index contributed by atoms with van der Waals surface area (Å²) in [6, 6.07) is 8.44. The molecule has 0 bridgehead atoms. The summed E-state index contributed by atoms with van der Waals surface area (Å²) in [4.78, 5) is 21.0. The zero-order valence-electron chi connectivity index (χ0n) is 16.2. The third kappa shape index (κ3) is 3.05. The van der Waals surface area contributed by atoms with E-state index in [-0.39, 0.29) is 0 Å². The molecule has 0 atom stereocenters. The average Bonchev–Trinajstić information content (AvgIpc) is 3.33. The molecule has 144 valence electrons. The fourth-order valence-electron chi connectivity index (χ4n) is 3.54. The van der Waals surface area contributed by atoms with Crippen LogP contribution in [0.15, 0.2) is 46.5 Å². The number of nitrogens with zero attached hydrogens (tertiary/aromatic N) is 5. The fourth-order valence-corrected chi connectivity index (χ4v) is 4.46. The first-order chi connectivity index (χ1) is 14.1. The topological polar surface area (TPSA) is 93.4 Å². The number of aromatic nitrogens is 6. The molecule has 0 aliphatic heterocycles. The lowest BCUT2D eigenvalue weighted by Gasteiger charge is -2.12. The molecule has 29 heavy (non-hydrogen) atoms. The summed E-state index contributed by atoms with van der Waals surface area (Å²) in [5.74, 6) is 1.47. The predicted octanol–water partition coefficient (Wildman–Crippen LogP) is 4.77. The molecule has 1 aromatic carbocycles. The third-order valence-electron chi connectivity index (χ3n) is 4.95. The van der Waals surface area contributed by atoms with E-state index >= 15 is 0 Å². The van der Waals surface area contributed by atoms with Crippen LogP contribution >= 0.6 is 11.8 Å². The number of imidazole rings is 1. The average molecular weight is 402 g/mol. The van der Waals surface area contributed by atoms with Crippen LogP contribution in [0.2, 0.25) is 0 Å². The SMILES string of the molecule is Cc1noc(C)c1-c1nc2c(C)cccc2cc1CSc1ncnc2nc[nH]c12. The predicted molar refractivity (Wildman–Crippen MR) is 113 cm³/mol. The van der Waals surface area contributed by atoms with Crippen molar-refractivity contribution in [3.63, 3.8) is 0 Å². The molecule has 4 heterocycles. The first-order valence-electron chi connectivity index (χ1n) is 9.21. The van der Waals surface area contributed by atoms with Gasteiger partial charge < -0.3 is 9.51 Å². The Bertz CT molecular complexity index is 1340. The molecule has 0 aliphatic carbocycles. The maximum atomic E-state index is 5.43. The summed E-state index contributed by atoms with van der Waals surface area (Å²) in [6.45, 7) is 5.95. The molecular formula is C21H18N6OS. The van der Waals surface area contributed by atoms with Gasteiger partial charge in [-0.05, 0) is 38.0 Å². The number of H-pyrrole nitrogens is 1. The number of aryl methyl sites for hydroxylation is 3. The van der Waals surface area contributed by atoms with E-state index in [1.807, 2.05) is 13.8 Å². The van der Waals surface area contributed by atoms with Gasteiger partial charge in [0.1, 0.15) is 22.6 Å². The van der Waals surface area contributed by atoms with Crippen molar-refractivity contribution < 1.29 is 4.52 Å². The molecule has 0 radical (unpaired) electrons. The summed E-state index contributed by atoms with van der Waals surface area (Å²) in [7, 11) is 0. The van der Waals surface area contributed by atoms with Gasteiger partial charge in [-0.15, -0.1) is 0 Å². The highest BCUT2D eigenvalue weighted by molar-refractivity contribution is 7.98. The third-order valence-corrected chi connectivity index (χ3v) is 5.99. The van der Waals surface area contributed by atoms with Crippen molar-refractivity contribution in [1.82, 2.24) is 30.1 Å². The minimum absolute atomic E-state index is 0.667. The highest BCUT2D eigenvalue weighted by Gasteiger charge is 2.19. The number of aromatic amines is 1. The Morgan fingerprint density at radius 3 is 2.83 bits per heavy atom. The lowest BCUT2D eigenvalue weighted by Crippen LogP contribution is -1.97. The summed E-state index contributed by atoms with van der Waals surface area (Å²) >= 11 is 1.63. The molecule has 4 aromatic heterocycles. The summed E-state index contributed by atoms with van der Waals surface area (Å²) in [5, 5.41) is 6.11. The number of thioether (sulfide) groups is 1. The van der Waals surface area contributed by atoms with Gasteiger partial charge in [0.05, 0.1) is 28.8 Å². The van der Waals surface area contributed by atoms with Gasteiger partial charge in [0.15, 0.2) is 5.65 Å². The van der Waals surface area contributed by atoms with Crippen LogP contribution in [-0.2, 0) is 5.75 Å². The zero-order valence-corrected chi connectivity index (χ0v) is 17.0. The van der Waals surface area contributed by atoms with Crippen LogP contribution in [0, 0.1) is 20.8 Å². The van der Waals surface area contributed by atoms with Gasteiger partial charge in [0.25, 0.3) is 0 Å². The number of rotatable bonds is 4. The van der Waals surface area contributed by atoms with Gasteiger partial charge in [-0.2, -0.15) is 0 Å². The molecule has 1 N–H and O–H groups in total. The minimum Gasteiger partial charge on any atom is -0.361 e. The smallest absolute Gasteiger partial charge is 0.181 e. The van der Waals surface area contributed by atoms with E-state index in [2.05, 4.69) is 56.3 Å². The van der Waals surface area contributed by atoms with E-state index in [4.69, 9.17) is 9.51 Å². The number of nitrogens with one attached hydrogen (secondary N) is 1. The van der Waals surface area contributed by atoms with E-state index in [1.54, 1.807) is 24.4 Å². The second kappa shape index (κ2) is 6.97. The van der Waals surface area contributed by atoms with E-state index in [0.29, 0.717) is 11.4 Å². The molecular weight excluding hydrogens is 384 g/mol. The molecule has 0 amide bonds. The molecule has 0 fully saturated rings. The van der Waals surface area contributed by atoms with Gasteiger partial charge in [-0.1, -0.05) is 35.1 Å². The van der Waals surface area contributed by atoms with Crippen molar-refractivity contribution in [2.24, 2.45) is 0 Å². The van der Waals surface area contributed by atoms with E-state index in [9.17, 15) is 0 Å². The highest BCUT2D eigenvalue weighted by Crippen LogP contribution is 2.35. The Hall–Kier alpha value is -3.26. The monoisotopic (exact) mass is 402 g/mol. The molecule has 0 unspecified atom stereocenters. The number of para-hydroxylation sites is 1. The Labute approximate surface area is 171 Å². The van der Waals surface area contributed by atoms with Crippen LogP contribution in [-0.4, -0.2) is 30.1 Å². The van der Waals surface area contributed by atoms with Crippen molar-refractivity contribution in [2.75, 3.05) is 0 Å². The quantitative estimate of drug-likeness (QED) is 0.342. The number of hydrogen-bond acceptors (Lipinski definition) is 7. The van der Waals surface area contributed by atoms with Crippen molar-refractivity contribution >= 4 is 33.8 Å². The number of pyridine rings is 1. The van der Waals surface area contributed by atoms with Crippen molar-refractivity contribution in [3.8, 4) is 11.3 Å². The molecule has 0 spiro atoms. The fraction of sp³-hybridized carbons (Fsp3) is 0.190. The Kier molecular flexibility index (Phi) is 4.28. The number of hydrogen-bond donors (Lipinski definition) is 1. The summed E-state index contributed by atoms with van der Waals surface area (Å²) < 4.78 is 5.43. The maximum Gasteiger partial charge on any atom is 0.181 e. The first-order valence-corrected chi connectivity index (χ1v) is 10.2. The number of fused-ring (bicyclic) bond motifs is 2. The van der Waals surface area contributed by atoms with Crippen LogP contribution in [0.1, 0.15) is 22.6 Å². The second-order valence-corrected chi connectivity index (χ2v) is 7.87. The van der Waals surface area contributed by atoms with Gasteiger partial charge in [-0.25, -0.2) is 19.9 Å². The Morgan fingerprint density at radius 1 is 1.10 bits per heavy atom. The van der Waals surface area contributed by atoms with E-state index in [1.165, 1.54) is 0 Å². The zero-order chi connectivity index (χ0) is 20.0. The van der Waals surface area contributed by atoms with Crippen molar-refractivity contribution in [1.29, 1.82) is 0 Å². The first kappa shape index (κ1) is 17.8. The lowest BCUT2D eigenvalue weighted by atomic mass is 10.0. The largest absolute Gasteiger partial charge is 0.361 e. The van der Waals surface area contributed by atoms with Gasteiger partial charge >= 0.3 is 0 Å². The second-order valence-electron chi connectivity index (χ2n) is 6.91. The van der Waals surface area contributed by atoms with E-state index < -0.39 is 0 Å². The molecule has 0 saturated heterocycles. The molecule has 8 heteroatoms. The molecule has 5 aromatic rings. The van der Waals surface area contributed by atoms with Crippen LogP contribution in [0.25, 0.3) is 33.3 Å². The van der Waals surface area contributed by atoms with Gasteiger partial charge in [0, 0.05) is 11.1 Å². The van der Waals surface area contributed by atoms with Gasteiger partial charge in [0.2, 0.25) is 0 Å². The standard InChI is InChI=1S/C21H18N6OS/c1-11-5-4-6-14-7-15(8-29-21-19-20(23-9-22-19)24-10-25-21)18(26-17(11)14)16-12(2)27-28-13(16)3/h4-7,9-10H,8H2,1-3H3,(H,22,23,24,25). The van der Waals surface area contributed by atoms with Gasteiger partial charge in [-0.3, -0.25) is 0 Å². The van der Waals surface area contributed by atoms with Crippen LogP contribution in [0.4, 0.5) is 0 Å². The van der Waals surface area contributed by atoms with Crippen LogP contribution in [0.3, 0.4) is 0 Å². The minimum atomic E-state index is 0.667. The molecule has 5 rings (SSSR count). The molecule has 0 aliphatic rings. The normalized spacial score (nSPS) is 11.6. The maximum absolute atomic E-state index is 5.43. The van der Waals surface area contributed by atoms with E-state index in [0.717, 1.165) is 55.3 Å². The molecule has 7 nitrogen and oxygen atoms in total. The Balaban J connectivity index is 1.64. The van der Waals surface area contributed by atoms with Crippen LogP contribution < -0.4 is 0 Å².